The van der Waals surface area contributed by atoms with Crippen LogP contribution in [-0.4, -0.2) is 25.1 Å². The van der Waals surface area contributed by atoms with Gasteiger partial charge in [0, 0.05) is 14.1 Å². The Morgan fingerprint density at radius 2 is 2.00 bits per heavy atom. The van der Waals surface area contributed by atoms with Gasteiger partial charge in [-0.15, -0.1) is 0 Å². The topological polar surface area (TPSA) is 29.5 Å². The Labute approximate surface area is 97.0 Å². The number of nitrogens with zero attached hydrogens (tertiary/aromatic N) is 1. The molecule has 0 aliphatic carbocycles. The van der Waals surface area contributed by atoms with Gasteiger partial charge >= 0.3 is 6.09 Å². The van der Waals surface area contributed by atoms with Crippen LogP contribution in [0.4, 0.5) is 4.79 Å². The summed E-state index contributed by atoms with van der Waals surface area (Å²) in [5.41, 5.74) is 1.08. The minimum Gasteiger partial charge on any atom is -0.410 e. The zero-order valence-electron chi connectivity index (χ0n) is 10.4. The number of hydrogen-bond donors (Lipinski definition) is 0. The van der Waals surface area contributed by atoms with Crippen molar-refractivity contribution in [2.45, 2.75) is 26.2 Å². The summed E-state index contributed by atoms with van der Waals surface area (Å²) in [6, 6.07) is 7.69. The van der Waals surface area contributed by atoms with Crippen molar-refractivity contribution in [3.05, 3.63) is 29.8 Å². The molecular weight excluding hydrogens is 202 g/mol. The summed E-state index contributed by atoms with van der Waals surface area (Å²) >= 11 is 0. The third-order valence-electron chi connectivity index (χ3n) is 2.62. The molecule has 1 aromatic rings. The maximum absolute atomic E-state index is 11.5. The van der Waals surface area contributed by atoms with Gasteiger partial charge in [0.1, 0.15) is 5.75 Å². The largest absolute Gasteiger partial charge is 0.414 e. The maximum Gasteiger partial charge on any atom is 0.414 e. The van der Waals surface area contributed by atoms with E-state index < -0.39 is 0 Å². The van der Waals surface area contributed by atoms with Crippen LogP contribution in [0.2, 0.25) is 0 Å². The molecule has 1 rings (SSSR count). The van der Waals surface area contributed by atoms with E-state index in [-0.39, 0.29) is 6.09 Å². The predicted octanol–water partition coefficient (Wildman–Crippen LogP) is 3.26. The van der Waals surface area contributed by atoms with Gasteiger partial charge in [0.05, 0.1) is 0 Å². The summed E-state index contributed by atoms with van der Waals surface area (Å²) < 4.78 is 5.32. The molecule has 0 heterocycles. The predicted molar refractivity (Wildman–Crippen MR) is 64.9 cm³/mol. The van der Waals surface area contributed by atoms with E-state index in [2.05, 4.69) is 13.8 Å². The summed E-state index contributed by atoms with van der Waals surface area (Å²) in [4.78, 5) is 12.9. The second-order valence-corrected chi connectivity index (χ2v) is 4.11. The molecule has 0 saturated heterocycles. The van der Waals surface area contributed by atoms with E-state index in [1.807, 2.05) is 24.3 Å². The number of amides is 1. The number of rotatable bonds is 3. The van der Waals surface area contributed by atoms with Gasteiger partial charge in [0.2, 0.25) is 0 Å². The van der Waals surface area contributed by atoms with Crippen molar-refractivity contribution >= 4 is 6.09 Å². The normalized spacial score (nSPS) is 12.0. The Hall–Kier alpha value is -1.51. The van der Waals surface area contributed by atoms with Gasteiger partial charge in [-0.2, -0.15) is 0 Å². The van der Waals surface area contributed by atoms with Crippen molar-refractivity contribution in [1.82, 2.24) is 4.90 Å². The van der Waals surface area contributed by atoms with Crippen molar-refractivity contribution in [2.24, 2.45) is 0 Å². The van der Waals surface area contributed by atoms with Crippen LogP contribution in [0, 0.1) is 0 Å². The average Bonchev–Trinajstić information content (AvgIpc) is 2.28. The molecule has 1 atom stereocenters. The highest BCUT2D eigenvalue weighted by Crippen LogP contribution is 2.28. The van der Waals surface area contributed by atoms with E-state index in [1.54, 1.807) is 14.1 Å². The Kier molecular flexibility index (Phi) is 4.35. The van der Waals surface area contributed by atoms with E-state index in [0.717, 1.165) is 12.0 Å². The van der Waals surface area contributed by atoms with E-state index in [1.165, 1.54) is 4.90 Å². The molecule has 3 heteroatoms. The molecule has 0 aliphatic heterocycles. The van der Waals surface area contributed by atoms with Crippen molar-refractivity contribution < 1.29 is 9.53 Å². The van der Waals surface area contributed by atoms with E-state index in [4.69, 9.17) is 4.74 Å². The lowest BCUT2D eigenvalue weighted by Crippen LogP contribution is -2.25. The number of para-hydroxylation sites is 1. The molecule has 16 heavy (non-hydrogen) atoms. The van der Waals surface area contributed by atoms with Gasteiger partial charge in [-0.1, -0.05) is 32.0 Å². The number of ether oxygens (including phenoxy) is 1. The summed E-state index contributed by atoms with van der Waals surface area (Å²) in [5.74, 6) is 1.06. The lowest BCUT2D eigenvalue weighted by molar-refractivity contribution is 0.171. The molecule has 0 fully saturated rings. The molecule has 0 saturated carbocycles. The monoisotopic (exact) mass is 221 g/mol. The zero-order valence-corrected chi connectivity index (χ0v) is 10.4. The molecule has 3 nitrogen and oxygen atoms in total. The molecule has 0 N–H and O–H groups in total. The standard InChI is InChI=1S/C13H19NO2/c1-5-10(2)11-8-6-7-9-12(11)16-13(15)14(3)4/h6-10H,5H2,1-4H3. The summed E-state index contributed by atoms with van der Waals surface area (Å²) in [7, 11) is 3.35. The van der Waals surface area contributed by atoms with Crippen LogP contribution in [0.25, 0.3) is 0 Å². The van der Waals surface area contributed by atoms with Crippen molar-refractivity contribution in [3.8, 4) is 5.75 Å². The first-order valence-corrected chi connectivity index (χ1v) is 5.54. The molecule has 1 aromatic carbocycles. The Morgan fingerprint density at radius 1 is 1.38 bits per heavy atom. The first kappa shape index (κ1) is 12.6. The fourth-order valence-corrected chi connectivity index (χ4v) is 1.39. The second-order valence-electron chi connectivity index (χ2n) is 4.11. The van der Waals surface area contributed by atoms with Gasteiger partial charge in [-0.05, 0) is 24.0 Å². The van der Waals surface area contributed by atoms with Gasteiger partial charge in [-0.25, -0.2) is 4.79 Å². The molecule has 88 valence electrons. The molecule has 0 radical (unpaired) electrons. The first-order chi connectivity index (χ1) is 7.56. The highest BCUT2D eigenvalue weighted by Gasteiger charge is 2.13. The third kappa shape index (κ3) is 2.99. The fourth-order valence-electron chi connectivity index (χ4n) is 1.39. The number of benzene rings is 1. The maximum atomic E-state index is 11.5. The molecule has 0 spiro atoms. The van der Waals surface area contributed by atoms with Crippen LogP contribution in [0.15, 0.2) is 24.3 Å². The van der Waals surface area contributed by atoms with Crippen LogP contribution in [0.3, 0.4) is 0 Å². The minimum absolute atomic E-state index is 0.337. The SMILES string of the molecule is CCC(C)c1ccccc1OC(=O)N(C)C. The lowest BCUT2D eigenvalue weighted by atomic mass is 9.98. The smallest absolute Gasteiger partial charge is 0.410 e. The summed E-state index contributed by atoms with van der Waals surface area (Å²) in [6.07, 6.45) is 0.687. The molecule has 1 amide bonds. The molecule has 0 aromatic heterocycles. The quantitative estimate of drug-likeness (QED) is 0.784. The van der Waals surface area contributed by atoms with Crippen LogP contribution in [0.5, 0.6) is 5.75 Å². The van der Waals surface area contributed by atoms with E-state index in [9.17, 15) is 4.79 Å². The van der Waals surface area contributed by atoms with Crippen LogP contribution >= 0.6 is 0 Å². The first-order valence-electron chi connectivity index (χ1n) is 5.54. The van der Waals surface area contributed by atoms with Gasteiger partial charge in [-0.3, -0.25) is 0 Å². The highest BCUT2D eigenvalue weighted by molar-refractivity contribution is 5.70. The number of carbonyl (C=O) groups is 1. The Bertz CT molecular complexity index is 361. The number of carbonyl (C=O) groups excluding carboxylic acids is 1. The Balaban J connectivity index is 2.91. The minimum atomic E-state index is -0.337. The van der Waals surface area contributed by atoms with Gasteiger partial charge in [0.15, 0.2) is 0 Å². The van der Waals surface area contributed by atoms with Gasteiger partial charge < -0.3 is 9.64 Å². The third-order valence-corrected chi connectivity index (χ3v) is 2.62. The lowest BCUT2D eigenvalue weighted by Gasteiger charge is -2.16. The molecule has 1 unspecified atom stereocenters. The molecular formula is C13H19NO2. The van der Waals surface area contributed by atoms with Gasteiger partial charge in [0.25, 0.3) is 0 Å². The van der Waals surface area contributed by atoms with Crippen LogP contribution in [0.1, 0.15) is 31.7 Å². The fraction of sp³-hybridized carbons (Fsp3) is 0.462. The highest BCUT2D eigenvalue weighted by atomic mass is 16.6. The summed E-state index contributed by atoms with van der Waals surface area (Å²) in [5, 5.41) is 0. The van der Waals surface area contributed by atoms with Crippen molar-refractivity contribution in [1.29, 1.82) is 0 Å². The Morgan fingerprint density at radius 3 is 2.56 bits per heavy atom. The van der Waals surface area contributed by atoms with Crippen LogP contribution < -0.4 is 4.74 Å². The molecule has 0 bridgehead atoms. The van der Waals surface area contributed by atoms with E-state index >= 15 is 0 Å². The average molecular weight is 221 g/mol. The van der Waals surface area contributed by atoms with E-state index in [0.29, 0.717) is 11.7 Å². The molecule has 0 aliphatic rings. The van der Waals surface area contributed by atoms with Crippen LogP contribution in [-0.2, 0) is 0 Å². The van der Waals surface area contributed by atoms with Crippen molar-refractivity contribution in [2.75, 3.05) is 14.1 Å². The zero-order chi connectivity index (χ0) is 12.1. The number of hydrogen-bond acceptors (Lipinski definition) is 2. The summed E-state index contributed by atoms with van der Waals surface area (Å²) in [6.45, 7) is 4.25. The van der Waals surface area contributed by atoms with Crippen molar-refractivity contribution in [3.63, 3.8) is 0 Å². The second kappa shape index (κ2) is 5.54.